The average Bonchev–Trinajstić information content (AvgIpc) is 2.77. The number of rotatable bonds is 3. The molecule has 1 unspecified atom stereocenters. The van der Waals surface area contributed by atoms with Crippen molar-refractivity contribution in [3.8, 4) is 0 Å². The zero-order valence-corrected chi connectivity index (χ0v) is 10.0. The highest BCUT2D eigenvalue weighted by Gasteiger charge is 2.09. The molecule has 82 valence electrons. The predicted octanol–water partition coefficient (Wildman–Crippen LogP) is 1.54. The monoisotopic (exact) mass is 223 g/mol. The minimum atomic E-state index is 0.437. The molecule has 1 aromatic rings. The van der Waals surface area contributed by atoms with E-state index in [9.17, 15) is 0 Å². The van der Waals surface area contributed by atoms with E-state index in [1.54, 1.807) is 0 Å². The maximum Gasteiger partial charge on any atom is 0.191 e. The molecule has 0 bridgehead atoms. The van der Waals surface area contributed by atoms with Gasteiger partial charge in [0.1, 0.15) is 0 Å². The number of thiophene rings is 1. The molecule has 0 aliphatic carbocycles. The second-order valence-electron chi connectivity index (χ2n) is 3.92. The van der Waals surface area contributed by atoms with Crippen LogP contribution in [0.3, 0.4) is 0 Å². The lowest BCUT2D eigenvalue weighted by atomic mass is 10.2. The lowest BCUT2D eigenvalue weighted by Crippen LogP contribution is -2.40. The van der Waals surface area contributed by atoms with Gasteiger partial charge in [-0.1, -0.05) is 0 Å². The molecule has 0 saturated carbocycles. The van der Waals surface area contributed by atoms with E-state index in [-0.39, 0.29) is 0 Å². The zero-order chi connectivity index (χ0) is 10.7. The molecule has 15 heavy (non-hydrogen) atoms. The third-order valence-corrected chi connectivity index (χ3v) is 3.38. The van der Waals surface area contributed by atoms with E-state index < -0.39 is 0 Å². The van der Waals surface area contributed by atoms with Crippen LogP contribution in [-0.4, -0.2) is 25.1 Å². The Labute approximate surface area is 94.6 Å². The van der Waals surface area contributed by atoms with Crippen LogP contribution in [0.15, 0.2) is 17.1 Å². The molecule has 0 fully saturated rings. The van der Waals surface area contributed by atoms with Crippen molar-refractivity contribution in [1.29, 1.82) is 0 Å². The van der Waals surface area contributed by atoms with Crippen molar-refractivity contribution in [3.05, 3.63) is 21.9 Å². The van der Waals surface area contributed by atoms with E-state index in [4.69, 9.17) is 0 Å². The first kappa shape index (κ1) is 10.5. The fourth-order valence-electron chi connectivity index (χ4n) is 1.68. The van der Waals surface area contributed by atoms with Crippen LogP contribution in [0, 0.1) is 6.92 Å². The SMILES string of the molecule is Cc1ccc(CC(C)NC2=NCCN2)s1. The molecule has 0 amide bonds. The summed E-state index contributed by atoms with van der Waals surface area (Å²) in [5.74, 6) is 0.954. The van der Waals surface area contributed by atoms with E-state index in [2.05, 4.69) is 41.6 Å². The standard InChI is InChI=1S/C11H17N3S/c1-8(14-11-12-5-6-13-11)7-10-4-3-9(2)15-10/h3-4,8H,5-7H2,1-2H3,(H2,12,13,14). The van der Waals surface area contributed by atoms with Crippen LogP contribution >= 0.6 is 11.3 Å². The molecule has 3 nitrogen and oxygen atoms in total. The molecule has 2 heterocycles. The second kappa shape index (κ2) is 4.66. The van der Waals surface area contributed by atoms with Gasteiger partial charge in [0.25, 0.3) is 0 Å². The summed E-state index contributed by atoms with van der Waals surface area (Å²) < 4.78 is 0. The van der Waals surface area contributed by atoms with Crippen LogP contribution in [-0.2, 0) is 6.42 Å². The Morgan fingerprint density at radius 2 is 2.47 bits per heavy atom. The average molecular weight is 223 g/mol. The van der Waals surface area contributed by atoms with Gasteiger partial charge in [-0.2, -0.15) is 0 Å². The lowest BCUT2D eigenvalue weighted by Gasteiger charge is -2.13. The van der Waals surface area contributed by atoms with Gasteiger partial charge in [0.15, 0.2) is 5.96 Å². The Morgan fingerprint density at radius 3 is 3.07 bits per heavy atom. The minimum Gasteiger partial charge on any atom is -0.355 e. The number of guanidine groups is 1. The second-order valence-corrected chi connectivity index (χ2v) is 5.29. The normalized spacial score (nSPS) is 17.1. The Hall–Kier alpha value is -1.03. The maximum absolute atomic E-state index is 4.32. The van der Waals surface area contributed by atoms with Crippen molar-refractivity contribution in [2.45, 2.75) is 26.3 Å². The molecule has 2 N–H and O–H groups in total. The zero-order valence-electron chi connectivity index (χ0n) is 9.21. The molecular weight excluding hydrogens is 206 g/mol. The fraction of sp³-hybridized carbons (Fsp3) is 0.545. The Morgan fingerprint density at radius 1 is 1.60 bits per heavy atom. The first-order chi connectivity index (χ1) is 7.24. The van der Waals surface area contributed by atoms with Crippen molar-refractivity contribution in [3.63, 3.8) is 0 Å². The Bertz CT molecular complexity index is 356. The van der Waals surface area contributed by atoms with E-state index in [1.165, 1.54) is 9.75 Å². The van der Waals surface area contributed by atoms with Gasteiger partial charge in [-0.05, 0) is 26.0 Å². The van der Waals surface area contributed by atoms with Crippen LogP contribution in [0.25, 0.3) is 0 Å². The summed E-state index contributed by atoms with van der Waals surface area (Å²) in [6, 6.07) is 4.83. The smallest absolute Gasteiger partial charge is 0.191 e. The number of nitrogens with one attached hydrogen (secondary N) is 2. The fourth-order valence-corrected chi connectivity index (χ4v) is 2.69. The maximum atomic E-state index is 4.32. The molecule has 2 rings (SSSR count). The lowest BCUT2D eigenvalue weighted by molar-refractivity contribution is 0.656. The summed E-state index contributed by atoms with van der Waals surface area (Å²) in [7, 11) is 0. The van der Waals surface area contributed by atoms with Gasteiger partial charge in [0.05, 0.1) is 6.54 Å². The molecule has 1 aromatic heterocycles. The topological polar surface area (TPSA) is 36.4 Å². The number of hydrogen-bond donors (Lipinski definition) is 2. The van der Waals surface area contributed by atoms with Gasteiger partial charge in [0.2, 0.25) is 0 Å². The van der Waals surface area contributed by atoms with E-state index in [0.717, 1.165) is 25.5 Å². The summed E-state index contributed by atoms with van der Waals surface area (Å²) in [5.41, 5.74) is 0. The van der Waals surface area contributed by atoms with Crippen LogP contribution in [0.5, 0.6) is 0 Å². The highest BCUT2D eigenvalue weighted by molar-refractivity contribution is 7.11. The molecular formula is C11H17N3S. The summed E-state index contributed by atoms with van der Waals surface area (Å²) in [5, 5.41) is 6.60. The highest BCUT2D eigenvalue weighted by atomic mass is 32.1. The van der Waals surface area contributed by atoms with Gasteiger partial charge < -0.3 is 10.6 Å². The summed E-state index contributed by atoms with van der Waals surface area (Å²) >= 11 is 1.87. The van der Waals surface area contributed by atoms with E-state index in [0.29, 0.717) is 6.04 Å². The van der Waals surface area contributed by atoms with Gasteiger partial charge >= 0.3 is 0 Å². The third-order valence-electron chi connectivity index (χ3n) is 2.36. The van der Waals surface area contributed by atoms with Crippen LogP contribution in [0.4, 0.5) is 0 Å². The molecule has 1 aliphatic heterocycles. The van der Waals surface area contributed by atoms with Crippen LogP contribution in [0.2, 0.25) is 0 Å². The molecule has 1 aliphatic rings. The van der Waals surface area contributed by atoms with Gasteiger partial charge in [-0.3, -0.25) is 4.99 Å². The number of hydrogen-bond acceptors (Lipinski definition) is 4. The minimum absolute atomic E-state index is 0.437. The van der Waals surface area contributed by atoms with Crippen molar-refractivity contribution < 1.29 is 0 Å². The summed E-state index contributed by atoms with van der Waals surface area (Å²) in [4.78, 5) is 7.14. The molecule has 1 atom stereocenters. The molecule has 0 saturated heterocycles. The number of aryl methyl sites for hydroxylation is 1. The number of nitrogens with zero attached hydrogens (tertiary/aromatic N) is 1. The van der Waals surface area contributed by atoms with Crippen molar-refractivity contribution in [1.82, 2.24) is 10.6 Å². The largest absolute Gasteiger partial charge is 0.355 e. The Kier molecular flexibility index (Phi) is 3.26. The highest BCUT2D eigenvalue weighted by Crippen LogP contribution is 2.16. The first-order valence-electron chi connectivity index (χ1n) is 5.34. The molecule has 0 radical (unpaired) electrons. The first-order valence-corrected chi connectivity index (χ1v) is 6.16. The molecule has 0 aromatic carbocycles. The van der Waals surface area contributed by atoms with Crippen molar-refractivity contribution in [2.24, 2.45) is 4.99 Å². The summed E-state index contributed by atoms with van der Waals surface area (Å²) in [6.45, 7) is 6.20. The molecule has 0 spiro atoms. The van der Waals surface area contributed by atoms with Crippen LogP contribution < -0.4 is 10.6 Å². The predicted molar refractivity (Wildman–Crippen MR) is 65.7 cm³/mol. The number of aliphatic imine (C=N–C) groups is 1. The van der Waals surface area contributed by atoms with Crippen molar-refractivity contribution >= 4 is 17.3 Å². The Balaban J connectivity index is 1.84. The summed E-state index contributed by atoms with van der Waals surface area (Å²) in [6.07, 6.45) is 1.07. The van der Waals surface area contributed by atoms with Crippen molar-refractivity contribution in [2.75, 3.05) is 13.1 Å². The van der Waals surface area contributed by atoms with Gasteiger partial charge in [-0.15, -0.1) is 11.3 Å². The van der Waals surface area contributed by atoms with E-state index >= 15 is 0 Å². The third kappa shape index (κ3) is 2.96. The quantitative estimate of drug-likeness (QED) is 0.815. The van der Waals surface area contributed by atoms with Gasteiger partial charge in [-0.25, -0.2) is 0 Å². The molecule has 4 heteroatoms. The van der Waals surface area contributed by atoms with Gasteiger partial charge in [0, 0.05) is 28.8 Å². The van der Waals surface area contributed by atoms with Crippen LogP contribution in [0.1, 0.15) is 16.7 Å². The van der Waals surface area contributed by atoms with E-state index in [1.807, 2.05) is 11.3 Å².